The largest absolute Gasteiger partial charge is 0.397 e. The van der Waals surface area contributed by atoms with Gasteiger partial charge in [-0.3, -0.25) is 0 Å². The molecule has 94 valence electrons. The Kier molecular flexibility index (Phi) is 3.87. The van der Waals surface area contributed by atoms with Crippen molar-refractivity contribution in [3.63, 3.8) is 0 Å². The third kappa shape index (κ3) is 2.81. The summed E-state index contributed by atoms with van der Waals surface area (Å²) in [6, 6.07) is 7.21. The van der Waals surface area contributed by atoms with Gasteiger partial charge >= 0.3 is 0 Å². The number of hydrogen-bond acceptors (Lipinski definition) is 2. The topological polar surface area (TPSA) is 38.0 Å². The Morgan fingerprint density at radius 1 is 0.944 bits per heavy atom. The zero-order chi connectivity index (χ0) is 13.3. The van der Waals surface area contributed by atoms with Gasteiger partial charge in [-0.15, -0.1) is 0 Å². The molecule has 0 saturated carbocycles. The third-order valence-corrected chi connectivity index (χ3v) is 3.54. The Morgan fingerprint density at radius 2 is 1.61 bits per heavy atom. The molecule has 0 atom stereocenters. The molecule has 0 unspecified atom stereocenters. The van der Waals surface area contributed by atoms with Gasteiger partial charge in [-0.25, -0.2) is 8.78 Å². The summed E-state index contributed by atoms with van der Waals surface area (Å²) in [5.41, 5.74) is 6.99. The number of anilines is 3. The zero-order valence-corrected chi connectivity index (χ0v) is 12.1. The summed E-state index contributed by atoms with van der Waals surface area (Å²) >= 11 is 6.09. The molecule has 3 N–H and O–H groups in total. The van der Waals surface area contributed by atoms with Gasteiger partial charge in [0.25, 0.3) is 0 Å². The van der Waals surface area contributed by atoms with Gasteiger partial charge in [-0.1, -0.05) is 0 Å². The molecule has 2 aromatic rings. The van der Waals surface area contributed by atoms with Crippen LogP contribution in [0.1, 0.15) is 0 Å². The van der Waals surface area contributed by atoms with Crippen molar-refractivity contribution in [3.05, 3.63) is 50.9 Å². The maximum Gasteiger partial charge on any atom is 0.139 e. The number of nitrogens with two attached hydrogens (primary N) is 1. The molecule has 0 bridgehead atoms. The van der Waals surface area contributed by atoms with Crippen molar-refractivity contribution in [2.45, 2.75) is 0 Å². The van der Waals surface area contributed by atoms with Crippen LogP contribution in [0.3, 0.4) is 0 Å². The van der Waals surface area contributed by atoms with Crippen molar-refractivity contribution < 1.29 is 8.78 Å². The van der Waals surface area contributed by atoms with Crippen LogP contribution in [-0.2, 0) is 0 Å². The van der Waals surface area contributed by atoms with Gasteiger partial charge in [0.1, 0.15) is 11.6 Å². The van der Waals surface area contributed by atoms with E-state index in [9.17, 15) is 8.78 Å². The molecule has 18 heavy (non-hydrogen) atoms. The van der Waals surface area contributed by atoms with E-state index in [-0.39, 0.29) is 4.47 Å². The van der Waals surface area contributed by atoms with Gasteiger partial charge in [0, 0.05) is 11.8 Å². The molecule has 0 aliphatic rings. The molecule has 0 radical (unpaired) electrons. The minimum absolute atomic E-state index is 0.285. The Morgan fingerprint density at radius 3 is 2.28 bits per heavy atom. The molecule has 2 aromatic carbocycles. The van der Waals surface area contributed by atoms with Crippen LogP contribution in [0.25, 0.3) is 0 Å². The van der Waals surface area contributed by atoms with Crippen LogP contribution >= 0.6 is 31.9 Å². The maximum atomic E-state index is 13.4. The molecule has 6 heteroatoms. The van der Waals surface area contributed by atoms with Gasteiger partial charge in [0.15, 0.2) is 0 Å². The van der Waals surface area contributed by atoms with Crippen LogP contribution in [0.5, 0.6) is 0 Å². The fourth-order valence-corrected chi connectivity index (χ4v) is 2.01. The molecular weight excluding hydrogens is 370 g/mol. The Balaban J connectivity index is 2.34. The van der Waals surface area contributed by atoms with Crippen LogP contribution in [-0.4, -0.2) is 0 Å². The summed E-state index contributed by atoms with van der Waals surface area (Å²) in [5.74, 6) is -0.847. The lowest BCUT2D eigenvalue weighted by molar-refractivity contribution is 0.621. The molecule has 2 rings (SSSR count). The van der Waals surface area contributed by atoms with Crippen molar-refractivity contribution in [2.24, 2.45) is 0 Å². The number of hydrogen-bond donors (Lipinski definition) is 2. The average Bonchev–Trinajstić information content (AvgIpc) is 2.31. The predicted molar refractivity (Wildman–Crippen MR) is 75.9 cm³/mol. The quantitative estimate of drug-likeness (QED) is 0.736. The smallest absolute Gasteiger partial charge is 0.139 e. The highest BCUT2D eigenvalue weighted by Crippen LogP contribution is 2.30. The zero-order valence-electron chi connectivity index (χ0n) is 8.98. The molecule has 0 fully saturated rings. The lowest BCUT2D eigenvalue weighted by Crippen LogP contribution is -1.98. The van der Waals surface area contributed by atoms with Crippen molar-refractivity contribution in [2.75, 3.05) is 11.1 Å². The molecule has 0 heterocycles. The molecular formula is C12H8Br2F2N2. The monoisotopic (exact) mass is 376 g/mol. The average molecular weight is 378 g/mol. The second kappa shape index (κ2) is 5.24. The summed E-state index contributed by atoms with van der Waals surface area (Å²) in [6.45, 7) is 0. The third-order valence-electron chi connectivity index (χ3n) is 2.29. The number of nitrogens with one attached hydrogen (secondary N) is 1. The molecule has 0 aliphatic heterocycles. The van der Waals surface area contributed by atoms with Gasteiger partial charge in [-0.2, -0.15) is 0 Å². The molecule has 0 saturated heterocycles. The highest BCUT2D eigenvalue weighted by molar-refractivity contribution is 9.10. The predicted octanol–water partition coefficient (Wildman–Crippen LogP) is 4.82. The summed E-state index contributed by atoms with van der Waals surface area (Å²) < 4.78 is 27.4. The minimum Gasteiger partial charge on any atom is -0.397 e. The van der Waals surface area contributed by atoms with Gasteiger partial charge in [0.2, 0.25) is 0 Å². The van der Waals surface area contributed by atoms with Gasteiger partial charge < -0.3 is 11.1 Å². The fourth-order valence-electron chi connectivity index (χ4n) is 1.40. The van der Waals surface area contributed by atoms with E-state index in [0.717, 1.165) is 0 Å². The summed E-state index contributed by atoms with van der Waals surface area (Å²) in [7, 11) is 0. The molecule has 0 aliphatic carbocycles. The number of halogens is 4. The second-order valence-corrected chi connectivity index (χ2v) is 5.32. The first-order valence-electron chi connectivity index (χ1n) is 4.94. The minimum atomic E-state index is -0.440. The molecule has 0 aromatic heterocycles. The van der Waals surface area contributed by atoms with Crippen molar-refractivity contribution in [1.29, 1.82) is 0 Å². The van der Waals surface area contributed by atoms with E-state index in [2.05, 4.69) is 37.2 Å². The lowest BCUT2D eigenvalue weighted by Gasteiger charge is -2.10. The van der Waals surface area contributed by atoms with E-state index >= 15 is 0 Å². The van der Waals surface area contributed by atoms with Crippen LogP contribution in [0.15, 0.2) is 39.3 Å². The van der Waals surface area contributed by atoms with Crippen LogP contribution in [0.4, 0.5) is 25.8 Å². The highest BCUT2D eigenvalue weighted by Gasteiger charge is 2.07. The highest BCUT2D eigenvalue weighted by atomic mass is 79.9. The Hall–Kier alpha value is -1.14. The van der Waals surface area contributed by atoms with E-state index in [4.69, 9.17) is 5.73 Å². The SMILES string of the molecule is Nc1cc(Br)c(F)cc1Nc1ccc(Br)c(F)c1. The van der Waals surface area contributed by atoms with E-state index < -0.39 is 11.6 Å². The standard InChI is InChI=1S/C12H8Br2F2N2/c13-7-2-1-6(3-9(7)15)18-12-5-10(16)8(14)4-11(12)17/h1-5,18H,17H2. The normalized spacial score (nSPS) is 10.4. The Bertz CT molecular complexity index is 603. The van der Waals surface area contributed by atoms with Crippen molar-refractivity contribution in [1.82, 2.24) is 0 Å². The summed E-state index contributed by atoms with van der Waals surface area (Å²) in [4.78, 5) is 0. The fraction of sp³-hybridized carbons (Fsp3) is 0. The Labute approximate surface area is 119 Å². The number of rotatable bonds is 2. The molecule has 0 amide bonds. The van der Waals surface area contributed by atoms with E-state index in [1.165, 1.54) is 18.2 Å². The molecule has 0 spiro atoms. The number of nitrogen functional groups attached to an aromatic ring is 1. The van der Waals surface area contributed by atoms with E-state index in [0.29, 0.717) is 21.5 Å². The second-order valence-electron chi connectivity index (χ2n) is 3.61. The van der Waals surface area contributed by atoms with Crippen molar-refractivity contribution >= 4 is 48.9 Å². The van der Waals surface area contributed by atoms with Crippen LogP contribution in [0, 0.1) is 11.6 Å². The van der Waals surface area contributed by atoms with E-state index in [1.54, 1.807) is 12.1 Å². The summed E-state index contributed by atoms with van der Waals surface area (Å²) in [5, 5.41) is 2.86. The van der Waals surface area contributed by atoms with Crippen molar-refractivity contribution in [3.8, 4) is 0 Å². The first kappa shape index (κ1) is 13.3. The van der Waals surface area contributed by atoms with Crippen LogP contribution < -0.4 is 11.1 Å². The van der Waals surface area contributed by atoms with E-state index in [1.807, 2.05) is 0 Å². The molecule has 2 nitrogen and oxygen atoms in total. The number of benzene rings is 2. The van der Waals surface area contributed by atoms with Gasteiger partial charge in [0.05, 0.1) is 20.3 Å². The maximum absolute atomic E-state index is 13.4. The van der Waals surface area contributed by atoms with Gasteiger partial charge in [-0.05, 0) is 56.1 Å². The summed E-state index contributed by atoms with van der Waals surface area (Å²) in [6.07, 6.45) is 0. The van der Waals surface area contributed by atoms with Crippen LogP contribution in [0.2, 0.25) is 0 Å². The lowest BCUT2D eigenvalue weighted by atomic mass is 10.2. The first-order valence-corrected chi connectivity index (χ1v) is 6.52. The first-order chi connectivity index (χ1) is 8.47.